The number of nitrogens with zero attached hydrogens (tertiary/aromatic N) is 3. The smallest absolute Gasteiger partial charge is 0.435 e. The number of aryl methyl sites for hydroxylation is 1. The molecule has 0 aliphatic rings. The fourth-order valence-electron chi connectivity index (χ4n) is 2.19. The van der Waals surface area contributed by atoms with E-state index in [1.165, 1.54) is 17.8 Å². The van der Waals surface area contributed by atoms with E-state index in [-0.39, 0.29) is 23.2 Å². The molecular weight excluding hydrogens is 411 g/mol. The summed E-state index contributed by atoms with van der Waals surface area (Å²) in [5.41, 5.74) is 0.267. The fourth-order valence-corrected chi connectivity index (χ4v) is 2.41. The van der Waals surface area contributed by atoms with Crippen molar-refractivity contribution in [1.82, 2.24) is 20.0 Å². The first-order chi connectivity index (χ1) is 13.8. The summed E-state index contributed by atoms with van der Waals surface area (Å²) < 4.78 is 43.9. The molecule has 0 aliphatic carbocycles. The van der Waals surface area contributed by atoms with Crippen molar-refractivity contribution in [3.8, 4) is 11.6 Å². The zero-order valence-electron chi connectivity index (χ0n) is 15.6. The highest BCUT2D eigenvalue weighted by atomic mass is 35.5. The van der Waals surface area contributed by atoms with Crippen LogP contribution in [-0.4, -0.2) is 39.9 Å². The summed E-state index contributed by atoms with van der Waals surface area (Å²) in [7, 11) is 1.86. The van der Waals surface area contributed by atoms with Gasteiger partial charge in [-0.3, -0.25) is 9.89 Å². The monoisotopic (exact) mass is 429 g/mol. The van der Waals surface area contributed by atoms with E-state index in [1.54, 1.807) is 12.1 Å². The van der Waals surface area contributed by atoms with E-state index in [2.05, 4.69) is 27.5 Å². The van der Waals surface area contributed by atoms with Crippen molar-refractivity contribution in [2.24, 2.45) is 0 Å². The molecule has 0 bridgehead atoms. The number of carbonyl (C=O) groups excluding carboxylic acids is 1. The summed E-state index contributed by atoms with van der Waals surface area (Å²) in [4.78, 5) is 10.3. The van der Waals surface area contributed by atoms with Crippen LogP contribution in [-0.2, 0) is 17.4 Å². The second-order valence-electron chi connectivity index (χ2n) is 5.59. The van der Waals surface area contributed by atoms with Gasteiger partial charge in [0.2, 0.25) is 5.88 Å². The molecule has 2 aromatic heterocycles. The number of halogens is 4. The molecule has 0 saturated heterocycles. The molecule has 0 fully saturated rings. The summed E-state index contributed by atoms with van der Waals surface area (Å²) in [6.45, 7) is 1.71. The van der Waals surface area contributed by atoms with Crippen LogP contribution in [0.25, 0.3) is 5.69 Å². The molecule has 0 unspecified atom stereocenters. The zero-order chi connectivity index (χ0) is 21.4. The number of H-pyrrole nitrogens is 1. The number of alkyl halides is 3. The quantitative estimate of drug-likeness (QED) is 0.575. The topological polar surface area (TPSA) is 84.8 Å². The number of nitrogens with one attached hydrogen (secondary N) is 2. The number of benzene rings is 1. The van der Waals surface area contributed by atoms with E-state index in [0.717, 1.165) is 16.9 Å². The maximum atomic E-state index is 12.7. The van der Waals surface area contributed by atoms with E-state index in [9.17, 15) is 18.0 Å². The van der Waals surface area contributed by atoms with Gasteiger partial charge in [-0.05, 0) is 18.6 Å². The molecule has 3 rings (SSSR count). The van der Waals surface area contributed by atoms with Crippen molar-refractivity contribution in [3.05, 3.63) is 52.8 Å². The summed E-state index contributed by atoms with van der Waals surface area (Å²) >= 11 is 5.92. The molecule has 0 saturated carbocycles. The summed E-state index contributed by atoms with van der Waals surface area (Å²) in [6, 6.07) is 8.94. The highest BCUT2D eigenvalue weighted by Crippen LogP contribution is 2.33. The number of aldehydes is 1. The minimum Gasteiger partial charge on any atom is -0.470 e. The second-order valence-corrected chi connectivity index (χ2v) is 6.00. The minimum atomic E-state index is -4.62. The number of para-hydroxylation sites is 1. The molecule has 0 spiro atoms. The Balaban J connectivity index is 0.000000278. The van der Waals surface area contributed by atoms with Gasteiger partial charge in [0.25, 0.3) is 0 Å². The van der Waals surface area contributed by atoms with E-state index in [4.69, 9.17) is 16.3 Å². The van der Waals surface area contributed by atoms with E-state index >= 15 is 0 Å². The lowest BCUT2D eigenvalue weighted by atomic mass is 10.3. The molecule has 156 valence electrons. The minimum absolute atomic E-state index is 0.209. The lowest BCUT2D eigenvalue weighted by Crippen LogP contribution is -2.08. The van der Waals surface area contributed by atoms with Gasteiger partial charge in [0, 0.05) is 24.9 Å². The molecule has 0 aliphatic heterocycles. The molecule has 1 aromatic carbocycles. The molecule has 2 N–H and O–H groups in total. The highest BCUT2D eigenvalue weighted by molar-refractivity contribution is 6.32. The van der Waals surface area contributed by atoms with Crippen LogP contribution in [0.2, 0.25) is 5.02 Å². The first-order valence-electron chi connectivity index (χ1n) is 8.50. The maximum absolute atomic E-state index is 12.7. The lowest BCUT2D eigenvalue weighted by molar-refractivity contribution is -0.141. The Morgan fingerprint density at radius 1 is 1.31 bits per heavy atom. The number of hydrogen-bond donors (Lipinski definition) is 2. The van der Waals surface area contributed by atoms with E-state index in [1.807, 2.05) is 13.1 Å². The normalized spacial score (nSPS) is 10.8. The summed E-state index contributed by atoms with van der Waals surface area (Å²) in [6.07, 6.45) is -3.18. The third-order valence-electron chi connectivity index (χ3n) is 3.61. The fraction of sp³-hybridized carbons (Fsp3) is 0.278. The van der Waals surface area contributed by atoms with Gasteiger partial charge >= 0.3 is 6.18 Å². The first kappa shape index (κ1) is 22.3. The van der Waals surface area contributed by atoms with E-state index in [0.29, 0.717) is 12.4 Å². The van der Waals surface area contributed by atoms with Crippen molar-refractivity contribution in [2.75, 3.05) is 19.0 Å². The standard InChI is InChI=1S/C12H8ClF3N2O2.C6H11N3/c13-8-3-1-2-4-9(8)18-11(20-6-5-19)7-10(17-18)12(14,15)16;1-3-5-4-6(7-2)9-8-5/h1-5,7H,6H2;4H,3H2,1-2H3,(H2,7,8,9). The van der Waals surface area contributed by atoms with Gasteiger partial charge in [-0.1, -0.05) is 30.7 Å². The Morgan fingerprint density at radius 3 is 2.55 bits per heavy atom. The van der Waals surface area contributed by atoms with Crippen molar-refractivity contribution in [3.63, 3.8) is 0 Å². The Kier molecular flexibility index (Phi) is 7.66. The van der Waals surface area contributed by atoms with Gasteiger partial charge < -0.3 is 10.1 Å². The van der Waals surface area contributed by atoms with Crippen LogP contribution >= 0.6 is 11.6 Å². The second kappa shape index (κ2) is 9.97. The van der Waals surface area contributed by atoms with E-state index < -0.39 is 11.9 Å². The molecule has 0 amide bonds. The zero-order valence-corrected chi connectivity index (χ0v) is 16.4. The van der Waals surface area contributed by atoms with Gasteiger partial charge in [-0.2, -0.15) is 28.1 Å². The largest absolute Gasteiger partial charge is 0.470 e. The third-order valence-corrected chi connectivity index (χ3v) is 3.93. The van der Waals surface area contributed by atoms with Crippen molar-refractivity contribution < 1.29 is 22.7 Å². The molecule has 11 heteroatoms. The van der Waals surface area contributed by atoms with Crippen LogP contribution in [0.3, 0.4) is 0 Å². The molecule has 3 aromatic rings. The van der Waals surface area contributed by atoms with Gasteiger partial charge in [-0.25, -0.2) is 0 Å². The molecule has 2 heterocycles. The van der Waals surface area contributed by atoms with Gasteiger partial charge in [0.05, 0.1) is 10.7 Å². The van der Waals surface area contributed by atoms with Crippen molar-refractivity contribution in [1.29, 1.82) is 0 Å². The molecule has 0 atom stereocenters. The number of hydrogen-bond acceptors (Lipinski definition) is 5. The first-order valence-corrected chi connectivity index (χ1v) is 8.88. The van der Waals surface area contributed by atoms with Gasteiger partial charge in [0.15, 0.2) is 12.0 Å². The van der Waals surface area contributed by atoms with Gasteiger partial charge in [0.1, 0.15) is 12.4 Å². The Morgan fingerprint density at radius 2 is 2.03 bits per heavy atom. The lowest BCUT2D eigenvalue weighted by Gasteiger charge is -2.08. The van der Waals surface area contributed by atoms with Crippen LogP contribution in [0.5, 0.6) is 5.88 Å². The number of aromatic amines is 1. The van der Waals surface area contributed by atoms with Crippen LogP contribution in [0.1, 0.15) is 18.3 Å². The molecule has 0 radical (unpaired) electrons. The SMILES string of the molecule is CCc1cc(NC)n[nH]1.O=CCOc1cc(C(F)(F)F)nn1-c1ccccc1Cl. The molecular formula is C18H19ClF3N5O2. The van der Waals surface area contributed by atoms with Crippen molar-refractivity contribution >= 4 is 23.7 Å². The highest BCUT2D eigenvalue weighted by Gasteiger charge is 2.35. The molecule has 7 nitrogen and oxygen atoms in total. The number of aromatic nitrogens is 4. The predicted molar refractivity (Wildman–Crippen MR) is 103 cm³/mol. The number of carbonyl (C=O) groups is 1. The Labute approximate surface area is 169 Å². The summed E-state index contributed by atoms with van der Waals surface area (Å²) in [5.74, 6) is 0.698. The van der Waals surface area contributed by atoms with Crippen LogP contribution in [0.15, 0.2) is 36.4 Å². The summed E-state index contributed by atoms with van der Waals surface area (Å²) in [5, 5.41) is 13.4. The number of anilines is 1. The van der Waals surface area contributed by atoms with Crippen molar-refractivity contribution in [2.45, 2.75) is 19.5 Å². The van der Waals surface area contributed by atoms with Crippen LogP contribution < -0.4 is 10.1 Å². The Bertz CT molecular complexity index is 921. The van der Waals surface area contributed by atoms with Crippen LogP contribution in [0.4, 0.5) is 19.0 Å². The average Bonchev–Trinajstić information content (AvgIpc) is 3.34. The maximum Gasteiger partial charge on any atom is 0.435 e. The number of ether oxygens (including phenoxy) is 1. The Hall–Kier alpha value is -3.01. The van der Waals surface area contributed by atoms with Crippen LogP contribution in [0, 0.1) is 0 Å². The number of rotatable bonds is 6. The average molecular weight is 430 g/mol. The molecule has 29 heavy (non-hydrogen) atoms. The predicted octanol–water partition coefficient (Wildman–Crippen LogP) is 4.14. The van der Waals surface area contributed by atoms with Gasteiger partial charge in [-0.15, -0.1) is 0 Å². The third kappa shape index (κ3) is 5.98.